The van der Waals surface area contributed by atoms with Gasteiger partial charge in [-0.15, -0.1) is 0 Å². The van der Waals surface area contributed by atoms with Crippen molar-refractivity contribution in [1.82, 2.24) is 4.90 Å². The lowest BCUT2D eigenvalue weighted by Crippen LogP contribution is -2.47. The number of carbonyl (C=O) groups excluding carboxylic acids is 1. The molecule has 0 aromatic heterocycles. The Morgan fingerprint density at radius 1 is 1.14 bits per heavy atom. The number of aromatic hydroxyl groups is 1. The zero-order valence-corrected chi connectivity index (χ0v) is 17.5. The zero-order chi connectivity index (χ0) is 20.7. The van der Waals surface area contributed by atoms with Gasteiger partial charge in [-0.05, 0) is 56.1 Å². The van der Waals surface area contributed by atoms with Crippen molar-refractivity contribution in [2.45, 2.75) is 32.9 Å². The third kappa shape index (κ3) is 5.72. The summed E-state index contributed by atoms with van der Waals surface area (Å²) in [4.78, 5) is 15.0. The molecule has 0 saturated carbocycles. The molecule has 2 aromatic carbocycles. The molecular formula is C23H28ClNO4. The third-order valence-electron chi connectivity index (χ3n) is 5.43. The van der Waals surface area contributed by atoms with Crippen LogP contribution in [0.15, 0.2) is 48.5 Å². The molecule has 0 unspecified atom stereocenters. The summed E-state index contributed by atoms with van der Waals surface area (Å²) in [5.41, 5.74) is 1.53. The van der Waals surface area contributed by atoms with Gasteiger partial charge < -0.3 is 14.6 Å². The molecule has 0 bridgehead atoms. The Kier molecular flexibility index (Phi) is 7.53. The number of halogens is 1. The Labute approximate surface area is 177 Å². The van der Waals surface area contributed by atoms with Crippen molar-refractivity contribution in [3.63, 3.8) is 0 Å². The SMILES string of the molecule is CCOC(=O)C1(COCc2ccccc2)CCN(Cc2ccc(O)c(Cl)c2)CC1. The van der Waals surface area contributed by atoms with Gasteiger partial charge in [-0.25, -0.2) is 0 Å². The summed E-state index contributed by atoms with van der Waals surface area (Å²) in [6.07, 6.45) is 1.37. The van der Waals surface area contributed by atoms with Crippen molar-refractivity contribution in [1.29, 1.82) is 0 Å². The van der Waals surface area contributed by atoms with Gasteiger partial charge in [0, 0.05) is 6.54 Å². The minimum atomic E-state index is -0.603. The van der Waals surface area contributed by atoms with Gasteiger partial charge in [-0.1, -0.05) is 48.0 Å². The number of piperidine rings is 1. The van der Waals surface area contributed by atoms with Gasteiger partial charge in [0.25, 0.3) is 0 Å². The molecule has 1 saturated heterocycles. The van der Waals surface area contributed by atoms with Gasteiger partial charge >= 0.3 is 5.97 Å². The van der Waals surface area contributed by atoms with E-state index in [0.29, 0.717) is 37.7 Å². The molecule has 0 amide bonds. The van der Waals surface area contributed by atoms with Crippen LogP contribution < -0.4 is 0 Å². The van der Waals surface area contributed by atoms with Crippen molar-refractivity contribution in [2.75, 3.05) is 26.3 Å². The van der Waals surface area contributed by atoms with Crippen molar-refractivity contribution >= 4 is 17.6 Å². The van der Waals surface area contributed by atoms with E-state index in [-0.39, 0.29) is 11.7 Å². The van der Waals surface area contributed by atoms with Crippen LogP contribution in [0.4, 0.5) is 0 Å². The van der Waals surface area contributed by atoms with Gasteiger partial charge in [0.05, 0.1) is 30.3 Å². The fourth-order valence-electron chi connectivity index (χ4n) is 3.68. The predicted octanol–water partition coefficient (Wildman–Crippen LogP) is 4.41. The van der Waals surface area contributed by atoms with Crippen LogP contribution in [0.5, 0.6) is 5.75 Å². The normalized spacial score (nSPS) is 16.5. The molecule has 0 atom stereocenters. The maximum absolute atomic E-state index is 12.7. The van der Waals surface area contributed by atoms with Crippen molar-refractivity contribution < 1.29 is 19.4 Å². The zero-order valence-electron chi connectivity index (χ0n) is 16.8. The van der Waals surface area contributed by atoms with Crippen molar-refractivity contribution in [2.24, 2.45) is 5.41 Å². The average Bonchev–Trinajstić information content (AvgIpc) is 2.73. The highest BCUT2D eigenvalue weighted by atomic mass is 35.5. The van der Waals surface area contributed by atoms with E-state index >= 15 is 0 Å². The minimum absolute atomic E-state index is 0.0888. The minimum Gasteiger partial charge on any atom is -0.506 e. The molecule has 1 aliphatic rings. The molecule has 1 fully saturated rings. The standard InChI is InChI=1S/C23H28ClNO4/c1-2-29-22(27)23(17-28-16-18-6-4-3-5-7-18)10-12-25(13-11-23)15-19-8-9-21(26)20(24)14-19/h3-9,14,26H,2,10-13,15-17H2,1H3. The molecule has 0 spiro atoms. The second-order valence-corrected chi connectivity index (χ2v) is 7.95. The van der Waals surface area contributed by atoms with Crippen LogP contribution >= 0.6 is 11.6 Å². The molecule has 29 heavy (non-hydrogen) atoms. The highest BCUT2D eigenvalue weighted by molar-refractivity contribution is 6.32. The van der Waals surface area contributed by atoms with Crippen molar-refractivity contribution in [3.05, 3.63) is 64.7 Å². The molecule has 1 heterocycles. The number of likely N-dealkylation sites (tertiary alicyclic amines) is 1. The molecular weight excluding hydrogens is 390 g/mol. The molecule has 156 valence electrons. The highest BCUT2D eigenvalue weighted by Crippen LogP contribution is 2.35. The van der Waals surface area contributed by atoms with Gasteiger partial charge in [0.15, 0.2) is 0 Å². The molecule has 3 rings (SSSR count). The number of benzene rings is 2. The van der Waals surface area contributed by atoms with E-state index in [1.807, 2.05) is 43.3 Å². The number of rotatable bonds is 8. The first-order valence-corrected chi connectivity index (χ1v) is 10.4. The second-order valence-electron chi connectivity index (χ2n) is 7.54. The summed E-state index contributed by atoms with van der Waals surface area (Å²) < 4.78 is 11.3. The first-order valence-electron chi connectivity index (χ1n) is 10.0. The van der Waals surface area contributed by atoms with Crippen LogP contribution in [0.1, 0.15) is 30.9 Å². The average molecular weight is 418 g/mol. The Morgan fingerprint density at radius 2 is 1.86 bits per heavy atom. The summed E-state index contributed by atoms with van der Waals surface area (Å²) in [5.74, 6) is -0.0775. The maximum Gasteiger partial charge on any atom is 0.314 e. The molecule has 5 nitrogen and oxygen atoms in total. The number of hydrogen-bond donors (Lipinski definition) is 1. The fourth-order valence-corrected chi connectivity index (χ4v) is 3.88. The van der Waals surface area contributed by atoms with E-state index in [4.69, 9.17) is 21.1 Å². The van der Waals surface area contributed by atoms with E-state index in [2.05, 4.69) is 4.90 Å². The molecule has 1 aliphatic heterocycles. The lowest BCUT2D eigenvalue weighted by molar-refractivity contribution is -0.164. The van der Waals surface area contributed by atoms with E-state index in [1.54, 1.807) is 12.1 Å². The smallest absolute Gasteiger partial charge is 0.314 e. The Morgan fingerprint density at radius 3 is 2.52 bits per heavy atom. The van der Waals surface area contributed by atoms with Crippen LogP contribution in [0.3, 0.4) is 0 Å². The van der Waals surface area contributed by atoms with E-state index in [0.717, 1.165) is 30.8 Å². The summed E-state index contributed by atoms with van der Waals surface area (Å²) in [7, 11) is 0. The van der Waals surface area contributed by atoms with E-state index in [1.165, 1.54) is 0 Å². The molecule has 6 heteroatoms. The van der Waals surface area contributed by atoms with Crippen LogP contribution in [0, 0.1) is 5.41 Å². The van der Waals surface area contributed by atoms with E-state index < -0.39 is 5.41 Å². The summed E-state index contributed by atoms with van der Waals surface area (Å²) in [5, 5.41) is 9.94. The first-order chi connectivity index (χ1) is 14.0. The number of nitrogens with zero attached hydrogens (tertiary/aromatic N) is 1. The van der Waals surface area contributed by atoms with Gasteiger partial charge in [-0.3, -0.25) is 9.69 Å². The summed E-state index contributed by atoms with van der Waals surface area (Å²) in [6.45, 7) is 5.31. The number of hydrogen-bond acceptors (Lipinski definition) is 5. The first kappa shape index (κ1) is 21.6. The van der Waals surface area contributed by atoms with Crippen LogP contribution in [0.2, 0.25) is 5.02 Å². The summed E-state index contributed by atoms with van der Waals surface area (Å²) in [6, 6.07) is 15.2. The molecule has 0 radical (unpaired) electrons. The van der Waals surface area contributed by atoms with Gasteiger partial charge in [-0.2, -0.15) is 0 Å². The maximum atomic E-state index is 12.7. The lowest BCUT2D eigenvalue weighted by Gasteiger charge is -2.39. The quantitative estimate of drug-likeness (QED) is 0.645. The second kappa shape index (κ2) is 10.1. The highest BCUT2D eigenvalue weighted by Gasteiger charge is 2.43. The predicted molar refractivity (Wildman–Crippen MR) is 113 cm³/mol. The van der Waals surface area contributed by atoms with E-state index in [9.17, 15) is 9.90 Å². The topological polar surface area (TPSA) is 59.0 Å². The number of carbonyl (C=O) groups is 1. The van der Waals surface area contributed by atoms with Gasteiger partial charge in [0.2, 0.25) is 0 Å². The largest absolute Gasteiger partial charge is 0.506 e. The van der Waals surface area contributed by atoms with Crippen molar-refractivity contribution in [3.8, 4) is 5.75 Å². The Hall–Kier alpha value is -2.08. The molecule has 2 aromatic rings. The number of ether oxygens (including phenoxy) is 2. The number of phenolic OH excluding ortho intramolecular Hbond substituents is 1. The van der Waals surface area contributed by atoms with Crippen LogP contribution in [-0.2, 0) is 27.4 Å². The Bertz CT molecular complexity index is 804. The van der Waals surface area contributed by atoms with Gasteiger partial charge in [0.1, 0.15) is 5.75 Å². The molecule has 0 aliphatic carbocycles. The van der Waals surface area contributed by atoms with Crippen LogP contribution in [-0.4, -0.2) is 42.3 Å². The monoisotopic (exact) mass is 417 g/mol. The number of esters is 1. The number of phenols is 1. The summed E-state index contributed by atoms with van der Waals surface area (Å²) >= 11 is 6.01. The van der Waals surface area contributed by atoms with Crippen LogP contribution in [0.25, 0.3) is 0 Å². The Balaban J connectivity index is 1.59. The molecule has 1 N–H and O–H groups in total. The lowest BCUT2D eigenvalue weighted by atomic mass is 9.79. The fraction of sp³-hybridized carbons (Fsp3) is 0.435. The third-order valence-corrected chi connectivity index (χ3v) is 5.73.